The molecule has 0 aromatic heterocycles. The van der Waals surface area contributed by atoms with Crippen LogP contribution in [0.25, 0.3) is 0 Å². The molecule has 1 fully saturated rings. The zero-order chi connectivity index (χ0) is 14.4. The van der Waals surface area contributed by atoms with Crippen molar-refractivity contribution >= 4 is 15.7 Å². The Bertz CT molecular complexity index is 508. The van der Waals surface area contributed by atoms with E-state index >= 15 is 0 Å². The average molecular weight is 298 g/mol. The minimum absolute atomic E-state index is 0.279. The van der Waals surface area contributed by atoms with E-state index < -0.39 is 10.0 Å². The van der Waals surface area contributed by atoms with E-state index in [1.54, 1.807) is 24.3 Å². The van der Waals surface area contributed by atoms with Crippen molar-refractivity contribution in [3.05, 3.63) is 24.3 Å². The van der Waals surface area contributed by atoms with Gasteiger partial charge in [0.25, 0.3) is 0 Å². The Morgan fingerprint density at radius 3 is 2.60 bits per heavy atom. The van der Waals surface area contributed by atoms with Gasteiger partial charge in [-0.2, -0.15) is 0 Å². The zero-order valence-corrected chi connectivity index (χ0v) is 12.6. The third-order valence-corrected chi connectivity index (χ3v) is 4.93. The molecule has 1 aromatic rings. The lowest BCUT2D eigenvalue weighted by Crippen LogP contribution is -2.22. The normalized spacial score (nSPS) is 19.8. The van der Waals surface area contributed by atoms with Crippen molar-refractivity contribution < 1.29 is 13.2 Å². The standard InChI is InChI=1S/C14H22N2O3S/c1-15-20(17,18)14-7-5-12(6-8-14)16-10-9-13-4-2-3-11-19-13/h5-8,13,15-16H,2-4,9-11H2,1H3. The summed E-state index contributed by atoms with van der Waals surface area (Å²) in [6.07, 6.45) is 4.91. The summed E-state index contributed by atoms with van der Waals surface area (Å²) in [5.74, 6) is 0. The van der Waals surface area contributed by atoms with Gasteiger partial charge in [-0.3, -0.25) is 0 Å². The van der Waals surface area contributed by atoms with Crippen molar-refractivity contribution in [1.29, 1.82) is 0 Å². The molecule has 1 heterocycles. The van der Waals surface area contributed by atoms with Crippen molar-refractivity contribution in [3.63, 3.8) is 0 Å². The Morgan fingerprint density at radius 2 is 2.00 bits per heavy atom. The number of hydrogen-bond acceptors (Lipinski definition) is 4. The molecule has 5 nitrogen and oxygen atoms in total. The first-order chi connectivity index (χ1) is 9.62. The second-order valence-electron chi connectivity index (χ2n) is 4.94. The van der Waals surface area contributed by atoms with Crippen LogP contribution in [0.4, 0.5) is 5.69 Å². The molecule has 0 spiro atoms. The number of ether oxygens (including phenoxy) is 1. The maximum Gasteiger partial charge on any atom is 0.240 e. The monoisotopic (exact) mass is 298 g/mol. The van der Waals surface area contributed by atoms with Crippen LogP contribution < -0.4 is 10.0 Å². The molecular weight excluding hydrogens is 276 g/mol. The highest BCUT2D eigenvalue weighted by molar-refractivity contribution is 7.89. The summed E-state index contributed by atoms with van der Waals surface area (Å²) in [5, 5.41) is 3.29. The fraction of sp³-hybridized carbons (Fsp3) is 0.571. The molecule has 112 valence electrons. The Labute approximate surface area is 120 Å². The van der Waals surface area contributed by atoms with Crippen LogP contribution in [0.15, 0.2) is 29.2 Å². The van der Waals surface area contributed by atoms with Crippen LogP contribution in [0, 0.1) is 0 Å². The highest BCUT2D eigenvalue weighted by Crippen LogP contribution is 2.17. The van der Waals surface area contributed by atoms with Crippen LogP contribution in [0.3, 0.4) is 0 Å². The SMILES string of the molecule is CNS(=O)(=O)c1ccc(NCCC2CCCCO2)cc1. The number of rotatable bonds is 6. The van der Waals surface area contributed by atoms with Crippen LogP contribution in [0.1, 0.15) is 25.7 Å². The predicted molar refractivity (Wildman–Crippen MR) is 79.4 cm³/mol. The van der Waals surface area contributed by atoms with E-state index in [9.17, 15) is 8.42 Å². The van der Waals surface area contributed by atoms with E-state index in [4.69, 9.17) is 4.74 Å². The third-order valence-electron chi connectivity index (χ3n) is 3.50. The average Bonchev–Trinajstić information content (AvgIpc) is 2.49. The molecule has 0 bridgehead atoms. The summed E-state index contributed by atoms with van der Waals surface area (Å²) >= 11 is 0. The first kappa shape index (κ1) is 15.3. The molecule has 20 heavy (non-hydrogen) atoms. The van der Waals surface area contributed by atoms with Gasteiger partial charge in [-0.15, -0.1) is 0 Å². The molecule has 0 saturated carbocycles. The molecule has 1 saturated heterocycles. The quantitative estimate of drug-likeness (QED) is 0.842. The number of hydrogen-bond donors (Lipinski definition) is 2. The lowest BCUT2D eigenvalue weighted by Gasteiger charge is -2.22. The van der Waals surface area contributed by atoms with Crippen LogP contribution >= 0.6 is 0 Å². The van der Waals surface area contributed by atoms with Crippen LogP contribution in [-0.2, 0) is 14.8 Å². The number of benzene rings is 1. The topological polar surface area (TPSA) is 67.4 Å². The van der Waals surface area contributed by atoms with E-state index in [0.29, 0.717) is 6.10 Å². The van der Waals surface area contributed by atoms with Crippen LogP contribution in [0.2, 0.25) is 0 Å². The number of anilines is 1. The van der Waals surface area contributed by atoms with Crippen molar-refractivity contribution in [2.24, 2.45) is 0 Å². The minimum Gasteiger partial charge on any atom is -0.385 e. The minimum atomic E-state index is -3.35. The van der Waals surface area contributed by atoms with Crippen molar-refractivity contribution in [2.45, 2.75) is 36.7 Å². The van der Waals surface area contributed by atoms with E-state index in [0.717, 1.165) is 31.7 Å². The summed E-state index contributed by atoms with van der Waals surface area (Å²) in [5.41, 5.74) is 0.927. The Balaban J connectivity index is 1.82. The largest absolute Gasteiger partial charge is 0.385 e. The van der Waals surface area contributed by atoms with Gasteiger partial charge in [0.05, 0.1) is 11.0 Å². The fourth-order valence-corrected chi connectivity index (χ4v) is 3.01. The predicted octanol–water partition coefficient (Wildman–Crippen LogP) is 1.97. The molecule has 0 amide bonds. The number of sulfonamides is 1. The Hall–Kier alpha value is -1.11. The molecule has 2 rings (SSSR count). The molecule has 1 aliphatic heterocycles. The summed E-state index contributed by atoms with van der Waals surface area (Å²) in [4.78, 5) is 0.279. The molecule has 1 aliphatic rings. The van der Waals surface area contributed by atoms with Crippen molar-refractivity contribution in [3.8, 4) is 0 Å². The Kier molecular flexibility index (Phi) is 5.39. The van der Waals surface area contributed by atoms with Gasteiger partial charge in [-0.1, -0.05) is 0 Å². The van der Waals surface area contributed by atoms with Gasteiger partial charge < -0.3 is 10.1 Å². The van der Waals surface area contributed by atoms with Crippen LogP contribution in [0.5, 0.6) is 0 Å². The summed E-state index contributed by atoms with van der Waals surface area (Å²) < 4.78 is 31.1. The van der Waals surface area contributed by atoms with Gasteiger partial charge in [-0.25, -0.2) is 13.1 Å². The molecular formula is C14H22N2O3S. The molecule has 1 unspecified atom stereocenters. The number of nitrogens with one attached hydrogen (secondary N) is 2. The smallest absolute Gasteiger partial charge is 0.240 e. The maximum absolute atomic E-state index is 11.6. The molecule has 6 heteroatoms. The van der Waals surface area contributed by atoms with Gasteiger partial charge in [0.15, 0.2) is 0 Å². The highest BCUT2D eigenvalue weighted by Gasteiger charge is 2.13. The third kappa shape index (κ3) is 4.19. The summed E-state index contributed by atoms with van der Waals surface area (Å²) in [6.45, 7) is 1.71. The molecule has 0 aliphatic carbocycles. The molecule has 0 radical (unpaired) electrons. The van der Waals surface area contributed by atoms with Gasteiger partial charge in [0.2, 0.25) is 10.0 Å². The zero-order valence-electron chi connectivity index (χ0n) is 11.8. The second kappa shape index (κ2) is 7.06. The highest BCUT2D eigenvalue weighted by atomic mass is 32.2. The first-order valence-corrected chi connectivity index (χ1v) is 8.49. The van der Waals surface area contributed by atoms with E-state index in [1.165, 1.54) is 19.9 Å². The maximum atomic E-state index is 11.6. The molecule has 1 atom stereocenters. The fourth-order valence-electron chi connectivity index (χ4n) is 2.28. The lowest BCUT2D eigenvalue weighted by molar-refractivity contribution is 0.0134. The van der Waals surface area contributed by atoms with Crippen LogP contribution in [-0.4, -0.2) is 34.7 Å². The van der Waals surface area contributed by atoms with E-state index in [-0.39, 0.29) is 4.90 Å². The lowest BCUT2D eigenvalue weighted by atomic mass is 10.1. The molecule has 1 aromatic carbocycles. The summed E-state index contributed by atoms with van der Waals surface area (Å²) in [6, 6.07) is 6.77. The van der Waals surface area contributed by atoms with E-state index in [2.05, 4.69) is 10.0 Å². The molecule has 2 N–H and O–H groups in total. The van der Waals surface area contributed by atoms with E-state index in [1.807, 2.05) is 0 Å². The van der Waals surface area contributed by atoms with Gasteiger partial charge in [0.1, 0.15) is 0 Å². The van der Waals surface area contributed by atoms with Crippen molar-refractivity contribution in [1.82, 2.24) is 4.72 Å². The van der Waals surface area contributed by atoms with Crippen molar-refractivity contribution in [2.75, 3.05) is 25.5 Å². The second-order valence-corrected chi connectivity index (χ2v) is 6.82. The van der Waals surface area contributed by atoms with Gasteiger partial charge >= 0.3 is 0 Å². The Morgan fingerprint density at radius 1 is 1.25 bits per heavy atom. The van der Waals surface area contributed by atoms with Gasteiger partial charge in [0, 0.05) is 18.8 Å². The summed E-state index contributed by atoms with van der Waals surface area (Å²) in [7, 11) is -1.94. The van der Waals surface area contributed by atoms with Gasteiger partial charge in [-0.05, 0) is 57.0 Å². The first-order valence-electron chi connectivity index (χ1n) is 7.01.